The molecule has 6 heteroatoms. The number of benzene rings is 1. The summed E-state index contributed by atoms with van der Waals surface area (Å²) in [4.78, 5) is 37.7. The van der Waals surface area contributed by atoms with E-state index in [0.717, 1.165) is 18.4 Å². The second-order valence-corrected chi connectivity index (χ2v) is 8.68. The maximum Gasteiger partial charge on any atom is 0.338 e. The van der Waals surface area contributed by atoms with Gasteiger partial charge in [0.1, 0.15) is 18.0 Å². The molecule has 3 rings (SSSR count). The van der Waals surface area contributed by atoms with Crippen LogP contribution < -0.4 is 4.74 Å². The van der Waals surface area contributed by atoms with E-state index in [1.54, 1.807) is 37.5 Å². The summed E-state index contributed by atoms with van der Waals surface area (Å²) in [5.74, 6) is -0.437. The molecule has 0 amide bonds. The number of rotatable bonds is 7. The van der Waals surface area contributed by atoms with Gasteiger partial charge in [-0.25, -0.2) is 4.79 Å². The molecule has 1 aromatic rings. The van der Waals surface area contributed by atoms with Gasteiger partial charge >= 0.3 is 11.9 Å². The molecule has 0 radical (unpaired) electrons. The molecule has 1 aliphatic carbocycles. The van der Waals surface area contributed by atoms with Crippen LogP contribution in [0.1, 0.15) is 56.8 Å². The molecule has 0 bridgehead atoms. The Morgan fingerprint density at radius 2 is 1.91 bits per heavy atom. The van der Waals surface area contributed by atoms with Gasteiger partial charge in [0, 0.05) is 6.42 Å². The summed E-state index contributed by atoms with van der Waals surface area (Å²) in [6, 6.07) is 6.61. The Labute approximate surface area is 188 Å². The van der Waals surface area contributed by atoms with Crippen molar-refractivity contribution in [2.75, 3.05) is 7.11 Å². The summed E-state index contributed by atoms with van der Waals surface area (Å²) in [6.07, 6.45) is 7.62. The van der Waals surface area contributed by atoms with E-state index in [1.807, 2.05) is 26.8 Å². The van der Waals surface area contributed by atoms with Crippen LogP contribution in [0.2, 0.25) is 0 Å². The molecule has 1 fully saturated rings. The van der Waals surface area contributed by atoms with Crippen LogP contribution in [0.5, 0.6) is 5.75 Å². The molecule has 170 valence electrons. The average molecular weight is 439 g/mol. The second-order valence-electron chi connectivity index (χ2n) is 8.68. The predicted octanol–water partition coefficient (Wildman–Crippen LogP) is 4.74. The first-order valence-electron chi connectivity index (χ1n) is 10.8. The summed E-state index contributed by atoms with van der Waals surface area (Å²) in [7, 11) is 1.55. The molecular weight excluding hydrogens is 408 g/mol. The highest BCUT2D eigenvalue weighted by atomic mass is 16.6. The van der Waals surface area contributed by atoms with Crippen molar-refractivity contribution in [2.45, 2.75) is 58.7 Å². The zero-order valence-corrected chi connectivity index (χ0v) is 19.1. The van der Waals surface area contributed by atoms with Gasteiger partial charge in [0.05, 0.1) is 24.5 Å². The van der Waals surface area contributed by atoms with Gasteiger partial charge < -0.3 is 14.2 Å². The first kappa shape index (κ1) is 23.5. The number of carbonyl (C=O) groups excluding carboxylic acids is 3. The van der Waals surface area contributed by atoms with Crippen LogP contribution in [0.3, 0.4) is 0 Å². The smallest absolute Gasteiger partial charge is 0.338 e. The molecule has 1 aliphatic heterocycles. The fraction of sp³-hybridized carbons (Fsp3) is 0.423. The van der Waals surface area contributed by atoms with Crippen LogP contribution in [0.25, 0.3) is 0 Å². The Hall–Kier alpha value is -3.15. The lowest BCUT2D eigenvalue weighted by Crippen LogP contribution is -2.43. The normalized spacial score (nSPS) is 24.9. The molecule has 1 saturated heterocycles. The monoisotopic (exact) mass is 438 g/mol. The second kappa shape index (κ2) is 9.98. The van der Waals surface area contributed by atoms with Crippen molar-refractivity contribution in [1.82, 2.24) is 0 Å². The summed E-state index contributed by atoms with van der Waals surface area (Å²) >= 11 is 0. The van der Waals surface area contributed by atoms with Crippen molar-refractivity contribution < 1.29 is 28.6 Å². The first-order chi connectivity index (χ1) is 15.2. The van der Waals surface area contributed by atoms with Crippen molar-refractivity contribution >= 4 is 17.7 Å². The lowest BCUT2D eigenvalue weighted by Gasteiger charge is -2.34. The van der Waals surface area contributed by atoms with Crippen molar-refractivity contribution in [3.05, 3.63) is 65.3 Å². The number of esters is 2. The SMILES string of the molecule is COc1ccc(C(=O)O[C@@H]2C=CC(=O)[C@@]3(CC(=O)O[C@@H]3/C=C(\C)CCC=C(C)C)C2)cc1. The zero-order chi connectivity index (χ0) is 23.3. The Kier molecular flexibility index (Phi) is 7.33. The van der Waals surface area contributed by atoms with E-state index in [-0.39, 0.29) is 18.6 Å². The molecule has 1 spiro atoms. The third-order valence-corrected chi connectivity index (χ3v) is 5.89. The van der Waals surface area contributed by atoms with Gasteiger partial charge in [0.2, 0.25) is 0 Å². The quantitative estimate of drug-likeness (QED) is 0.452. The summed E-state index contributed by atoms with van der Waals surface area (Å²) in [5.41, 5.74) is 1.64. The molecule has 1 heterocycles. The van der Waals surface area contributed by atoms with Crippen LogP contribution in [0, 0.1) is 5.41 Å². The van der Waals surface area contributed by atoms with Crippen LogP contribution in [0.4, 0.5) is 0 Å². The van der Waals surface area contributed by atoms with Gasteiger partial charge in [-0.2, -0.15) is 0 Å². The molecule has 1 aromatic carbocycles. The minimum Gasteiger partial charge on any atom is -0.497 e. The van der Waals surface area contributed by atoms with Crippen LogP contribution in [-0.4, -0.2) is 37.0 Å². The minimum atomic E-state index is -1.05. The van der Waals surface area contributed by atoms with Gasteiger partial charge in [-0.05, 0) is 76.1 Å². The van der Waals surface area contributed by atoms with Gasteiger partial charge in [0.25, 0.3) is 0 Å². The predicted molar refractivity (Wildman–Crippen MR) is 120 cm³/mol. The molecule has 3 atom stereocenters. The molecule has 6 nitrogen and oxygen atoms in total. The highest BCUT2D eigenvalue weighted by Crippen LogP contribution is 2.45. The fourth-order valence-electron chi connectivity index (χ4n) is 4.10. The minimum absolute atomic E-state index is 0.0187. The number of carbonyl (C=O) groups is 3. The number of ketones is 1. The Morgan fingerprint density at radius 3 is 2.56 bits per heavy atom. The highest BCUT2D eigenvalue weighted by Gasteiger charge is 2.55. The average Bonchev–Trinajstić information content (AvgIpc) is 3.05. The number of cyclic esters (lactones) is 1. The van der Waals surface area contributed by atoms with Crippen LogP contribution in [0.15, 0.2) is 59.7 Å². The summed E-state index contributed by atoms with van der Waals surface area (Å²) in [6.45, 7) is 6.07. The summed E-state index contributed by atoms with van der Waals surface area (Å²) in [5, 5.41) is 0. The van der Waals surface area contributed by atoms with E-state index >= 15 is 0 Å². The van der Waals surface area contributed by atoms with Gasteiger partial charge in [-0.15, -0.1) is 0 Å². The molecule has 0 saturated carbocycles. The van der Waals surface area contributed by atoms with Crippen molar-refractivity contribution in [3.63, 3.8) is 0 Å². The maximum absolute atomic E-state index is 12.9. The molecule has 0 aromatic heterocycles. The van der Waals surface area contributed by atoms with Gasteiger partial charge in [0.15, 0.2) is 5.78 Å². The van der Waals surface area contributed by atoms with Crippen molar-refractivity contribution in [1.29, 1.82) is 0 Å². The molecule has 0 N–H and O–H groups in total. The Morgan fingerprint density at radius 1 is 1.19 bits per heavy atom. The topological polar surface area (TPSA) is 78.9 Å². The summed E-state index contributed by atoms with van der Waals surface area (Å²) < 4.78 is 16.3. The third kappa shape index (κ3) is 5.36. The number of allylic oxidation sites excluding steroid dienone is 4. The van der Waals surface area contributed by atoms with E-state index in [9.17, 15) is 14.4 Å². The number of hydrogen-bond acceptors (Lipinski definition) is 6. The Balaban J connectivity index is 1.75. The Bertz CT molecular complexity index is 965. The molecule has 0 unspecified atom stereocenters. The number of methoxy groups -OCH3 is 1. The first-order valence-corrected chi connectivity index (χ1v) is 10.8. The lowest BCUT2D eigenvalue weighted by molar-refractivity contribution is -0.140. The van der Waals surface area contributed by atoms with E-state index in [0.29, 0.717) is 11.3 Å². The third-order valence-electron chi connectivity index (χ3n) is 5.89. The molecule has 32 heavy (non-hydrogen) atoms. The number of ether oxygens (including phenoxy) is 3. The highest BCUT2D eigenvalue weighted by molar-refractivity contribution is 6.00. The van der Waals surface area contributed by atoms with E-state index in [1.165, 1.54) is 11.6 Å². The van der Waals surface area contributed by atoms with Crippen molar-refractivity contribution in [2.24, 2.45) is 5.41 Å². The van der Waals surface area contributed by atoms with Crippen molar-refractivity contribution in [3.8, 4) is 5.75 Å². The van der Waals surface area contributed by atoms with E-state index in [4.69, 9.17) is 14.2 Å². The van der Waals surface area contributed by atoms with E-state index < -0.39 is 29.6 Å². The molecule has 2 aliphatic rings. The molecular formula is C26H30O6. The van der Waals surface area contributed by atoms with Crippen LogP contribution >= 0.6 is 0 Å². The maximum atomic E-state index is 12.9. The largest absolute Gasteiger partial charge is 0.497 e. The number of hydrogen-bond donors (Lipinski definition) is 0. The zero-order valence-electron chi connectivity index (χ0n) is 19.1. The van der Waals surface area contributed by atoms with E-state index in [2.05, 4.69) is 6.08 Å². The fourth-order valence-corrected chi connectivity index (χ4v) is 4.10. The van der Waals surface area contributed by atoms with Crippen LogP contribution in [-0.2, 0) is 19.1 Å². The lowest BCUT2D eigenvalue weighted by atomic mass is 9.69. The van der Waals surface area contributed by atoms with Gasteiger partial charge in [-0.1, -0.05) is 17.2 Å². The van der Waals surface area contributed by atoms with Gasteiger partial charge in [-0.3, -0.25) is 9.59 Å². The standard InChI is InChI=1S/C26H30O6/c1-17(2)6-5-7-18(3)14-23-26(16-24(28)32-23)15-21(12-13-22(26)27)31-25(29)19-8-10-20(30-4)11-9-19/h6,8-14,21,23H,5,7,15-16H2,1-4H3/b18-14+/t21-,23-,26+/m1/s1.